The molecule has 2 aromatic heterocycles. The Labute approximate surface area is 171 Å². The first-order valence-corrected chi connectivity index (χ1v) is 9.09. The van der Waals surface area contributed by atoms with Crippen LogP contribution in [-0.4, -0.2) is 39.5 Å². The maximum atomic E-state index is 13.0. The van der Waals surface area contributed by atoms with Gasteiger partial charge < -0.3 is 14.8 Å². The van der Waals surface area contributed by atoms with Crippen LogP contribution < -0.4 is 20.3 Å². The summed E-state index contributed by atoms with van der Waals surface area (Å²) in [4.78, 5) is 31.4. The summed E-state index contributed by atoms with van der Waals surface area (Å²) in [6.07, 6.45) is 0. The Balaban J connectivity index is 1.80. The van der Waals surface area contributed by atoms with Gasteiger partial charge in [-0.2, -0.15) is 9.31 Å². The lowest BCUT2D eigenvalue weighted by atomic mass is 10.3. The van der Waals surface area contributed by atoms with Gasteiger partial charge in [0.1, 0.15) is 11.5 Å². The van der Waals surface area contributed by atoms with Gasteiger partial charge in [0.25, 0.3) is 11.5 Å². The fraction of sp³-hybridized carbons (Fsp3) is 0.143. The van der Waals surface area contributed by atoms with Gasteiger partial charge >= 0.3 is 0 Å². The Morgan fingerprint density at radius 1 is 0.967 bits per heavy atom. The van der Waals surface area contributed by atoms with Gasteiger partial charge in [-0.3, -0.25) is 9.59 Å². The highest BCUT2D eigenvalue weighted by Crippen LogP contribution is 2.19. The summed E-state index contributed by atoms with van der Waals surface area (Å²) in [7, 11) is 3.13. The summed E-state index contributed by atoms with van der Waals surface area (Å²) in [5.41, 5.74) is 1.49. The number of fused-ring (bicyclic) bond motifs is 1. The molecule has 0 aliphatic rings. The molecule has 4 aromatic rings. The van der Waals surface area contributed by atoms with Gasteiger partial charge in [-0.05, 0) is 55.5 Å². The molecule has 2 aromatic carbocycles. The number of hydrogen-bond donors (Lipinski definition) is 1. The van der Waals surface area contributed by atoms with Crippen molar-refractivity contribution in [3.8, 4) is 17.2 Å². The zero-order valence-electron chi connectivity index (χ0n) is 16.6. The molecule has 0 aliphatic heterocycles. The zero-order chi connectivity index (χ0) is 21.3. The van der Waals surface area contributed by atoms with Crippen LogP contribution in [0.15, 0.2) is 59.4 Å². The third-order valence-electron chi connectivity index (χ3n) is 4.49. The van der Waals surface area contributed by atoms with E-state index in [4.69, 9.17) is 9.47 Å². The van der Waals surface area contributed by atoms with Crippen LogP contribution in [-0.2, 0) is 0 Å². The largest absolute Gasteiger partial charge is 0.497 e. The van der Waals surface area contributed by atoms with E-state index in [1.807, 2.05) is 0 Å². The minimum Gasteiger partial charge on any atom is -0.497 e. The number of anilines is 1. The molecule has 152 valence electrons. The number of carbonyl (C=O) groups excluding carboxylic acids is 1. The number of hydrogen-bond acceptors (Lipinski definition) is 6. The monoisotopic (exact) mass is 405 g/mol. The van der Waals surface area contributed by atoms with Crippen molar-refractivity contribution in [3.63, 3.8) is 0 Å². The molecular formula is C21H19N5O4. The molecule has 0 atom stereocenters. The van der Waals surface area contributed by atoms with Crippen molar-refractivity contribution in [1.82, 2.24) is 19.4 Å². The first-order valence-electron chi connectivity index (χ1n) is 9.09. The fourth-order valence-corrected chi connectivity index (χ4v) is 3.01. The number of aryl methyl sites for hydroxylation is 1. The average Bonchev–Trinajstić information content (AvgIpc) is 3.14. The van der Waals surface area contributed by atoms with Crippen molar-refractivity contribution in [3.05, 3.63) is 76.3 Å². The highest BCUT2D eigenvalue weighted by molar-refractivity contribution is 6.06. The Hall–Kier alpha value is -4.14. The molecule has 9 nitrogen and oxygen atoms in total. The van der Waals surface area contributed by atoms with E-state index in [1.54, 1.807) is 69.7 Å². The van der Waals surface area contributed by atoms with Gasteiger partial charge in [0.15, 0.2) is 11.3 Å². The second kappa shape index (κ2) is 7.70. The lowest BCUT2D eigenvalue weighted by Gasteiger charge is -2.05. The van der Waals surface area contributed by atoms with Crippen molar-refractivity contribution in [1.29, 1.82) is 0 Å². The van der Waals surface area contributed by atoms with Crippen LogP contribution in [0.1, 0.15) is 16.2 Å². The number of benzene rings is 2. The van der Waals surface area contributed by atoms with E-state index >= 15 is 0 Å². The Morgan fingerprint density at radius 2 is 1.57 bits per heavy atom. The number of ether oxygens (including phenoxy) is 2. The molecule has 1 amide bonds. The number of rotatable bonds is 5. The molecule has 0 fully saturated rings. The Kier molecular flexibility index (Phi) is 4.93. The van der Waals surface area contributed by atoms with Crippen molar-refractivity contribution in [2.45, 2.75) is 6.92 Å². The maximum absolute atomic E-state index is 13.0. The van der Waals surface area contributed by atoms with E-state index in [1.165, 1.54) is 15.4 Å². The summed E-state index contributed by atoms with van der Waals surface area (Å²) in [5, 5.41) is 7.16. The second-order valence-electron chi connectivity index (χ2n) is 6.49. The van der Waals surface area contributed by atoms with Gasteiger partial charge in [0.2, 0.25) is 0 Å². The number of aromatic nitrogens is 4. The molecule has 2 heterocycles. The van der Waals surface area contributed by atoms with Gasteiger partial charge in [0.05, 0.1) is 19.9 Å². The molecule has 0 bridgehead atoms. The summed E-state index contributed by atoms with van der Waals surface area (Å²) >= 11 is 0. The first-order chi connectivity index (χ1) is 14.5. The standard InChI is InChI=1S/C21H19N5O4/c1-13-12-18(27)25-20(22-13)19(21(28)23-14-4-8-16(29-2)9-5-14)24-26(25)15-6-10-17(30-3)11-7-15/h4-12H,1-3H3,(H,23,28). The lowest BCUT2D eigenvalue weighted by Crippen LogP contribution is -2.21. The highest BCUT2D eigenvalue weighted by Gasteiger charge is 2.21. The van der Waals surface area contributed by atoms with Gasteiger partial charge in [-0.25, -0.2) is 4.98 Å². The fourth-order valence-electron chi connectivity index (χ4n) is 3.01. The Morgan fingerprint density at radius 3 is 2.17 bits per heavy atom. The van der Waals surface area contributed by atoms with Gasteiger partial charge in [0, 0.05) is 17.4 Å². The molecule has 0 radical (unpaired) electrons. The third kappa shape index (κ3) is 3.48. The van der Waals surface area contributed by atoms with Crippen molar-refractivity contribution >= 4 is 17.2 Å². The van der Waals surface area contributed by atoms with E-state index in [2.05, 4.69) is 15.4 Å². The zero-order valence-corrected chi connectivity index (χ0v) is 16.6. The molecule has 4 rings (SSSR count). The maximum Gasteiger partial charge on any atom is 0.280 e. The summed E-state index contributed by atoms with van der Waals surface area (Å²) in [6.45, 7) is 1.69. The summed E-state index contributed by atoms with van der Waals surface area (Å²) in [6, 6.07) is 15.2. The quantitative estimate of drug-likeness (QED) is 0.548. The predicted octanol–water partition coefficient (Wildman–Crippen LogP) is 2.46. The predicted molar refractivity (Wildman–Crippen MR) is 111 cm³/mol. The SMILES string of the molecule is COc1ccc(NC(=O)c2nn(-c3ccc(OC)cc3)n3c(=O)cc(C)nc23)cc1. The Bertz CT molecular complexity index is 1270. The second-order valence-corrected chi connectivity index (χ2v) is 6.49. The number of methoxy groups -OCH3 is 2. The van der Waals surface area contributed by atoms with Crippen LogP contribution in [0.25, 0.3) is 11.3 Å². The normalized spacial score (nSPS) is 10.8. The van der Waals surface area contributed by atoms with Crippen LogP contribution in [0, 0.1) is 6.92 Å². The molecule has 30 heavy (non-hydrogen) atoms. The summed E-state index contributed by atoms with van der Waals surface area (Å²) < 4.78 is 11.6. The number of nitrogens with one attached hydrogen (secondary N) is 1. The smallest absolute Gasteiger partial charge is 0.280 e. The van der Waals surface area contributed by atoms with Crippen LogP contribution in [0.4, 0.5) is 5.69 Å². The number of nitrogens with zero attached hydrogens (tertiary/aromatic N) is 4. The highest BCUT2D eigenvalue weighted by atomic mass is 16.5. The minimum absolute atomic E-state index is 0.0300. The molecule has 0 spiro atoms. The van der Waals surface area contributed by atoms with Crippen LogP contribution in [0.3, 0.4) is 0 Å². The van der Waals surface area contributed by atoms with Gasteiger partial charge in [-0.1, -0.05) is 0 Å². The first kappa shape index (κ1) is 19.2. The van der Waals surface area contributed by atoms with Crippen molar-refractivity contribution < 1.29 is 14.3 Å². The molecular weight excluding hydrogens is 386 g/mol. The van der Waals surface area contributed by atoms with E-state index < -0.39 is 5.91 Å². The molecule has 0 aliphatic carbocycles. The van der Waals surface area contributed by atoms with Crippen molar-refractivity contribution in [2.24, 2.45) is 0 Å². The van der Waals surface area contributed by atoms with E-state index in [0.29, 0.717) is 28.6 Å². The van der Waals surface area contributed by atoms with Crippen molar-refractivity contribution in [2.75, 3.05) is 19.5 Å². The average molecular weight is 405 g/mol. The molecule has 0 saturated carbocycles. The van der Waals surface area contributed by atoms with Crippen LogP contribution in [0.5, 0.6) is 11.5 Å². The molecule has 0 saturated heterocycles. The number of amides is 1. The third-order valence-corrected chi connectivity index (χ3v) is 4.49. The summed E-state index contributed by atoms with van der Waals surface area (Å²) in [5.74, 6) is 0.850. The van der Waals surface area contributed by atoms with E-state index in [9.17, 15) is 9.59 Å². The van der Waals surface area contributed by atoms with Gasteiger partial charge in [-0.15, -0.1) is 5.10 Å². The van der Waals surface area contributed by atoms with Crippen LogP contribution in [0.2, 0.25) is 0 Å². The molecule has 0 unspecified atom stereocenters. The molecule has 1 N–H and O–H groups in total. The topological polar surface area (TPSA) is 99.7 Å². The van der Waals surface area contributed by atoms with Crippen LogP contribution >= 0.6 is 0 Å². The minimum atomic E-state index is -0.484. The lowest BCUT2D eigenvalue weighted by molar-refractivity contribution is 0.102. The molecule has 9 heteroatoms. The number of carbonyl (C=O) groups is 1. The van der Waals surface area contributed by atoms with E-state index in [0.717, 1.165) is 0 Å². The van der Waals surface area contributed by atoms with E-state index in [-0.39, 0.29) is 16.9 Å².